The van der Waals surface area contributed by atoms with Crippen molar-refractivity contribution in [3.8, 4) is 17.9 Å². The van der Waals surface area contributed by atoms with Crippen LogP contribution >= 0.6 is 0 Å². The number of hydrogen-bond donors (Lipinski definition) is 1. The Hall–Kier alpha value is -2.98. The number of rotatable bonds is 1. The second-order valence-electron chi connectivity index (χ2n) is 3.54. The van der Waals surface area contributed by atoms with Gasteiger partial charge < -0.3 is 10.5 Å². The maximum Gasteiger partial charge on any atom is 0.119 e. The van der Waals surface area contributed by atoms with E-state index >= 15 is 0 Å². The molecule has 0 saturated heterocycles. The molecule has 0 aliphatic heterocycles. The Kier molecular flexibility index (Phi) is 7.67. The molecule has 0 radical (unpaired) electrons. The maximum absolute atomic E-state index is 8.45. The lowest BCUT2D eigenvalue weighted by Crippen LogP contribution is -1.84. The Morgan fingerprint density at radius 3 is 1.70 bits per heavy atom. The molecular formula is C16H17N3O. The van der Waals surface area contributed by atoms with E-state index in [1.165, 1.54) is 0 Å². The molecule has 20 heavy (non-hydrogen) atoms. The van der Waals surface area contributed by atoms with Crippen molar-refractivity contribution in [1.29, 1.82) is 10.5 Å². The van der Waals surface area contributed by atoms with Gasteiger partial charge in [-0.2, -0.15) is 10.5 Å². The van der Waals surface area contributed by atoms with Gasteiger partial charge in [-0.1, -0.05) is 19.6 Å². The van der Waals surface area contributed by atoms with Gasteiger partial charge in [0.1, 0.15) is 17.9 Å². The molecule has 0 unspecified atom stereocenters. The third-order valence-electron chi connectivity index (χ3n) is 2.28. The van der Waals surface area contributed by atoms with Crippen LogP contribution < -0.4 is 10.5 Å². The lowest BCUT2D eigenvalue weighted by molar-refractivity contribution is 0.415. The largest absolute Gasteiger partial charge is 0.497 e. The third-order valence-corrected chi connectivity index (χ3v) is 2.28. The van der Waals surface area contributed by atoms with Crippen LogP contribution in [0.25, 0.3) is 0 Å². The summed E-state index contributed by atoms with van der Waals surface area (Å²) in [6, 6.07) is 17.8. The fourth-order valence-corrected chi connectivity index (χ4v) is 1.28. The molecule has 0 fully saturated rings. The van der Waals surface area contributed by atoms with Crippen LogP contribution in [-0.2, 0) is 0 Å². The number of methoxy groups -OCH3 is 1. The Morgan fingerprint density at radius 2 is 1.35 bits per heavy atom. The van der Waals surface area contributed by atoms with Crippen molar-refractivity contribution < 1.29 is 4.74 Å². The van der Waals surface area contributed by atoms with Crippen molar-refractivity contribution in [2.45, 2.75) is 7.43 Å². The SMILES string of the molecule is C.COc1ccc(N)cc1.N#Cc1ccccc1C#N. The van der Waals surface area contributed by atoms with Crippen molar-refractivity contribution in [2.24, 2.45) is 0 Å². The second-order valence-corrected chi connectivity index (χ2v) is 3.54. The van der Waals surface area contributed by atoms with Crippen molar-refractivity contribution >= 4 is 5.69 Å². The Labute approximate surface area is 119 Å². The fraction of sp³-hybridized carbons (Fsp3) is 0.125. The molecule has 0 saturated carbocycles. The van der Waals surface area contributed by atoms with Gasteiger partial charge >= 0.3 is 0 Å². The topological polar surface area (TPSA) is 82.8 Å². The van der Waals surface area contributed by atoms with Crippen molar-refractivity contribution in [3.63, 3.8) is 0 Å². The zero-order chi connectivity index (χ0) is 14.1. The molecule has 2 N–H and O–H groups in total. The number of benzene rings is 2. The standard InChI is InChI=1S/C8H4N2.C7H9NO.CH4/c9-5-7-3-1-2-4-8(7)6-10;1-9-7-4-2-6(8)3-5-7;/h1-4H;2-5H,8H2,1H3;1H4. The summed E-state index contributed by atoms with van der Waals surface area (Å²) in [5.74, 6) is 0.837. The van der Waals surface area contributed by atoms with E-state index in [1.807, 2.05) is 24.3 Å². The summed E-state index contributed by atoms with van der Waals surface area (Å²) in [4.78, 5) is 0. The van der Waals surface area contributed by atoms with E-state index in [-0.39, 0.29) is 7.43 Å². The van der Waals surface area contributed by atoms with Gasteiger partial charge in [0, 0.05) is 5.69 Å². The minimum atomic E-state index is 0. The number of anilines is 1. The minimum Gasteiger partial charge on any atom is -0.497 e. The van der Waals surface area contributed by atoms with Gasteiger partial charge in [0.2, 0.25) is 0 Å². The molecule has 0 atom stereocenters. The second kappa shape index (κ2) is 9.02. The molecule has 0 aliphatic rings. The number of nitrogen functional groups attached to an aromatic ring is 1. The van der Waals surface area contributed by atoms with Crippen LogP contribution in [0.3, 0.4) is 0 Å². The van der Waals surface area contributed by atoms with Gasteiger partial charge in [-0.25, -0.2) is 0 Å². The first kappa shape index (κ1) is 17.0. The lowest BCUT2D eigenvalue weighted by atomic mass is 10.1. The molecule has 0 aliphatic carbocycles. The van der Waals surface area contributed by atoms with Crippen LogP contribution in [0.1, 0.15) is 18.6 Å². The molecular weight excluding hydrogens is 250 g/mol. The quantitative estimate of drug-likeness (QED) is 0.803. The van der Waals surface area contributed by atoms with Crippen LogP contribution in [0.15, 0.2) is 48.5 Å². The van der Waals surface area contributed by atoms with Gasteiger partial charge in [-0.15, -0.1) is 0 Å². The van der Waals surface area contributed by atoms with Gasteiger partial charge in [0.25, 0.3) is 0 Å². The zero-order valence-electron chi connectivity index (χ0n) is 10.5. The van der Waals surface area contributed by atoms with E-state index in [0.717, 1.165) is 11.4 Å². The number of ether oxygens (including phenoxy) is 1. The van der Waals surface area contributed by atoms with Gasteiger partial charge in [-0.05, 0) is 36.4 Å². The van der Waals surface area contributed by atoms with Crippen LogP contribution in [0.2, 0.25) is 0 Å². The monoisotopic (exact) mass is 267 g/mol. The molecule has 4 nitrogen and oxygen atoms in total. The molecule has 0 aromatic heterocycles. The third kappa shape index (κ3) is 5.12. The van der Waals surface area contributed by atoms with Crippen molar-refractivity contribution in [3.05, 3.63) is 59.7 Å². The molecule has 102 valence electrons. The Morgan fingerprint density at radius 1 is 0.900 bits per heavy atom. The van der Waals surface area contributed by atoms with Crippen LogP contribution in [0, 0.1) is 22.7 Å². The minimum absolute atomic E-state index is 0. The fourth-order valence-electron chi connectivity index (χ4n) is 1.28. The average molecular weight is 267 g/mol. The van der Waals surface area contributed by atoms with Crippen LogP contribution in [-0.4, -0.2) is 7.11 Å². The normalized spacial score (nSPS) is 7.95. The first-order valence-corrected chi connectivity index (χ1v) is 5.50. The van der Waals surface area contributed by atoms with E-state index < -0.39 is 0 Å². The molecule has 0 bridgehead atoms. The van der Waals surface area contributed by atoms with Crippen molar-refractivity contribution in [2.75, 3.05) is 12.8 Å². The lowest BCUT2D eigenvalue weighted by Gasteiger charge is -1.97. The highest BCUT2D eigenvalue weighted by molar-refractivity contribution is 5.44. The van der Waals surface area contributed by atoms with E-state index in [2.05, 4.69) is 0 Å². The molecule has 4 heteroatoms. The summed E-state index contributed by atoms with van der Waals surface area (Å²) in [5.41, 5.74) is 7.06. The van der Waals surface area contributed by atoms with Gasteiger partial charge in [0.05, 0.1) is 18.2 Å². The van der Waals surface area contributed by atoms with Crippen LogP contribution in [0.4, 0.5) is 5.69 Å². The predicted octanol–water partition coefficient (Wildman–Crippen LogP) is 3.34. The summed E-state index contributed by atoms with van der Waals surface area (Å²) in [6.45, 7) is 0. The number of nitrogens with zero attached hydrogens (tertiary/aromatic N) is 2. The Bertz CT molecular complexity index is 574. The summed E-state index contributed by atoms with van der Waals surface area (Å²) in [5, 5.41) is 16.9. The highest BCUT2D eigenvalue weighted by atomic mass is 16.5. The predicted molar refractivity (Wildman–Crippen MR) is 80.0 cm³/mol. The van der Waals surface area contributed by atoms with Crippen LogP contribution in [0.5, 0.6) is 5.75 Å². The average Bonchev–Trinajstić information content (AvgIpc) is 2.48. The molecule has 2 aromatic carbocycles. The zero-order valence-corrected chi connectivity index (χ0v) is 10.5. The van der Waals surface area contributed by atoms with E-state index in [1.54, 1.807) is 43.5 Å². The molecule has 0 amide bonds. The number of hydrogen-bond acceptors (Lipinski definition) is 4. The van der Waals surface area contributed by atoms with E-state index in [4.69, 9.17) is 21.0 Å². The van der Waals surface area contributed by atoms with Gasteiger partial charge in [0.15, 0.2) is 0 Å². The summed E-state index contributed by atoms with van der Waals surface area (Å²) < 4.78 is 4.91. The molecule has 0 heterocycles. The van der Waals surface area contributed by atoms with Crippen molar-refractivity contribution in [1.82, 2.24) is 0 Å². The number of nitriles is 2. The highest BCUT2D eigenvalue weighted by Crippen LogP contribution is 2.11. The highest BCUT2D eigenvalue weighted by Gasteiger charge is 1.95. The van der Waals surface area contributed by atoms with Gasteiger partial charge in [-0.3, -0.25) is 0 Å². The Balaban J connectivity index is 0.000000345. The summed E-state index contributed by atoms with van der Waals surface area (Å²) in [7, 11) is 1.63. The first-order chi connectivity index (χ1) is 9.21. The first-order valence-electron chi connectivity index (χ1n) is 5.50. The summed E-state index contributed by atoms with van der Waals surface area (Å²) >= 11 is 0. The van der Waals surface area contributed by atoms with E-state index in [9.17, 15) is 0 Å². The summed E-state index contributed by atoms with van der Waals surface area (Å²) in [6.07, 6.45) is 0. The smallest absolute Gasteiger partial charge is 0.119 e. The molecule has 2 aromatic rings. The molecule has 0 spiro atoms. The maximum atomic E-state index is 8.45. The number of nitrogens with two attached hydrogens (primary N) is 1. The molecule has 2 rings (SSSR count). The van der Waals surface area contributed by atoms with E-state index in [0.29, 0.717) is 11.1 Å².